The van der Waals surface area contributed by atoms with Gasteiger partial charge in [0.1, 0.15) is 17.2 Å². The summed E-state index contributed by atoms with van der Waals surface area (Å²) < 4.78 is 17.9. The minimum atomic E-state index is -0.494. The van der Waals surface area contributed by atoms with E-state index in [1.54, 1.807) is 24.3 Å². The molecule has 21 heavy (non-hydrogen) atoms. The fourth-order valence-electron chi connectivity index (χ4n) is 2.09. The largest absolute Gasteiger partial charge is 0.465 e. The normalized spacial score (nSPS) is 10.8. The minimum Gasteiger partial charge on any atom is -0.465 e. The maximum atomic E-state index is 13.2. The molecular formula is C15H10ClFN2O2. The summed E-state index contributed by atoms with van der Waals surface area (Å²) in [4.78, 5) is 19.2. The first kappa shape index (κ1) is 13.6. The third kappa shape index (κ3) is 2.36. The predicted octanol–water partition coefficient (Wildman–Crippen LogP) is 3.81. The maximum Gasteiger partial charge on any atom is 0.340 e. The van der Waals surface area contributed by atoms with Crippen molar-refractivity contribution in [2.45, 2.75) is 0 Å². The van der Waals surface area contributed by atoms with E-state index in [2.05, 4.69) is 9.97 Å². The molecule has 3 aromatic rings. The number of aromatic amines is 1. The van der Waals surface area contributed by atoms with E-state index in [1.165, 1.54) is 19.2 Å². The highest BCUT2D eigenvalue weighted by Gasteiger charge is 2.15. The minimum absolute atomic E-state index is 0.0150. The summed E-state index contributed by atoms with van der Waals surface area (Å²) in [5.41, 5.74) is 2.19. The van der Waals surface area contributed by atoms with Gasteiger partial charge < -0.3 is 9.72 Å². The smallest absolute Gasteiger partial charge is 0.340 e. The summed E-state index contributed by atoms with van der Waals surface area (Å²) in [6.07, 6.45) is 0. The van der Waals surface area contributed by atoms with Crippen molar-refractivity contribution in [2.75, 3.05) is 7.11 Å². The molecule has 3 rings (SSSR count). The molecule has 1 N–H and O–H groups in total. The van der Waals surface area contributed by atoms with Gasteiger partial charge in [-0.05, 0) is 30.3 Å². The Balaban J connectivity index is 2.17. The SMILES string of the molecule is COC(=O)c1cccc2[nH]c(-c3ccc(F)c(Cl)c3)nc12. The lowest BCUT2D eigenvalue weighted by Gasteiger charge is -1.99. The number of benzene rings is 2. The molecule has 0 radical (unpaired) electrons. The molecule has 1 heterocycles. The number of carbonyl (C=O) groups excluding carboxylic acids is 1. The Bertz CT molecular complexity index is 845. The van der Waals surface area contributed by atoms with Gasteiger partial charge in [0, 0.05) is 5.56 Å². The standard InChI is InChI=1S/C15H10ClFN2O2/c1-21-15(20)9-3-2-4-12-13(9)19-14(18-12)8-5-6-11(17)10(16)7-8/h2-7H,1H3,(H,18,19). The third-order valence-corrected chi connectivity index (χ3v) is 3.40. The van der Waals surface area contributed by atoms with Crippen molar-refractivity contribution in [1.29, 1.82) is 0 Å². The zero-order valence-corrected chi connectivity index (χ0v) is 11.7. The number of hydrogen-bond donors (Lipinski definition) is 1. The summed E-state index contributed by atoms with van der Waals surface area (Å²) in [5.74, 6) is -0.453. The lowest BCUT2D eigenvalue weighted by atomic mass is 10.2. The van der Waals surface area contributed by atoms with Gasteiger partial charge in [0.15, 0.2) is 0 Å². The van der Waals surface area contributed by atoms with Crippen molar-refractivity contribution >= 4 is 28.6 Å². The number of fused-ring (bicyclic) bond motifs is 1. The monoisotopic (exact) mass is 304 g/mol. The van der Waals surface area contributed by atoms with Crippen LogP contribution in [-0.4, -0.2) is 23.0 Å². The third-order valence-electron chi connectivity index (χ3n) is 3.11. The van der Waals surface area contributed by atoms with Crippen LogP contribution in [0.3, 0.4) is 0 Å². The van der Waals surface area contributed by atoms with Crippen LogP contribution in [0.15, 0.2) is 36.4 Å². The number of rotatable bonds is 2. The molecule has 0 fully saturated rings. The molecule has 6 heteroatoms. The second-order valence-electron chi connectivity index (χ2n) is 4.41. The van der Waals surface area contributed by atoms with Gasteiger partial charge >= 0.3 is 5.97 Å². The summed E-state index contributed by atoms with van der Waals surface area (Å²) in [7, 11) is 1.31. The number of para-hydroxylation sites is 1. The molecule has 0 aliphatic carbocycles. The van der Waals surface area contributed by atoms with Crippen LogP contribution in [0.4, 0.5) is 4.39 Å². The predicted molar refractivity (Wildman–Crippen MR) is 77.8 cm³/mol. The van der Waals surface area contributed by atoms with E-state index in [9.17, 15) is 9.18 Å². The molecule has 0 atom stereocenters. The second-order valence-corrected chi connectivity index (χ2v) is 4.81. The number of carbonyl (C=O) groups is 1. The number of hydrogen-bond acceptors (Lipinski definition) is 3. The van der Waals surface area contributed by atoms with Crippen LogP contribution < -0.4 is 0 Å². The van der Waals surface area contributed by atoms with Crippen molar-refractivity contribution in [3.05, 3.63) is 52.8 Å². The van der Waals surface area contributed by atoms with Gasteiger partial charge in [-0.1, -0.05) is 17.7 Å². The Hall–Kier alpha value is -2.40. The Morgan fingerprint density at radius 1 is 1.33 bits per heavy atom. The highest BCUT2D eigenvalue weighted by molar-refractivity contribution is 6.31. The van der Waals surface area contributed by atoms with Gasteiger partial charge in [0.2, 0.25) is 0 Å². The molecular weight excluding hydrogens is 295 g/mol. The van der Waals surface area contributed by atoms with Gasteiger partial charge in [-0.2, -0.15) is 0 Å². The number of H-pyrrole nitrogens is 1. The van der Waals surface area contributed by atoms with E-state index in [-0.39, 0.29) is 5.02 Å². The molecule has 0 amide bonds. The molecule has 0 aliphatic heterocycles. The fourth-order valence-corrected chi connectivity index (χ4v) is 2.27. The average molecular weight is 305 g/mol. The van der Waals surface area contributed by atoms with Crippen molar-refractivity contribution in [3.63, 3.8) is 0 Å². The molecule has 1 aromatic heterocycles. The first-order valence-corrected chi connectivity index (χ1v) is 6.50. The van der Waals surface area contributed by atoms with Crippen LogP contribution in [-0.2, 0) is 4.74 Å². The van der Waals surface area contributed by atoms with Gasteiger partial charge in [0.25, 0.3) is 0 Å². The zero-order valence-electron chi connectivity index (χ0n) is 11.0. The van der Waals surface area contributed by atoms with E-state index >= 15 is 0 Å². The van der Waals surface area contributed by atoms with Gasteiger partial charge in [-0.15, -0.1) is 0 Å². The fraction of sp³-hybridized carbons (Fsp3) is 0.0667. The van der Waals surface area contributed by atoms with Crippen LogP contribution >= 0.6 is 11.6 Å². The number of nitrogens with one attached hydrogen (secondary N) is 1. The average Bonchev–Trinajstić information content (AvgIpc) is 2.93. The van der Waals surface area contributed by atoms with Gasteiger partial charge in [-0.25, -0.2) is 14.2 Å². The summed E-state index contributed by atoms with van der Waals surface area (Å²) in [6, 6.07) is 9.48. The number of nitrogens with zero attached hydrogens (tertiary/aromatic N) is 1. The Labute approximate surface area is 124 Å². The van der Waals surface area contributed by atoms with E-state index in [0.717, 1.165) is 0 Å². The first-order chi connectivity index (χ1) is 10.1. The van der Waals surface area contributed by atoms with Crippen molar-refractivity contribution in [1.82, 2.24) is 9.97 Å². The number of aromatic nitrogens is 2. The Morgan fingerprint density at radius 2 is 2.14 bits per heavy atom. The highest BCUT2D eigenvalue weighted by Crippen LogP contribution is 2.26. The number of halogens is 2. The second kappa shape index (κ2) is 5.18. The van der Waals surface area contributed by atoms with Crippen LogP contribution in [0.25, 0.3) is 22.4 Å². The number of imidazole rings is 1. The van der Waals surface area contributed by atoms with Crippen LogP contribution in [0.1, 0.15) is 10.4 Å². The van der Waals surface area contributed by atoms with Crippen LogP contribution in [0.2, 0.25) is 5.02 Å². The zero-order chi connectivity index (χ0) is 15.0. The molecule has 0 unspecified atom stereocenters. The molecule has 0 aliphatic rings. The van der Waals surface area contributed by atoms with Crippen molar-refractivity contribution in [3.8, 4) is 11.4 Å². The topological polar surface area (TPSA) is 55.0 Å². The highest BCUT2D eigenvalue weighted by atomic mass is 35.5. The van der Waals surface area contributed by atoms with E-state index < -0.39 is 11.8 Å². The van der Waals surface area contributed by atoms with Gasteiger partial charge in [-0.3, -0.25) is 0 Å². The Kier molecular flexibility index (Phi) is 3.35. The molecule has 0 bridgehead atoms. The quantitative estimate of drug-likeness (QED) is 0.732. The maximum absolute atomic E-state index is 13.2. The molecule has 2 aromatic carbocycles. The number of esters is 1. The van der Waals surface area contributed by atoms with E-state index in [0.29, 0.717) is 28.0 Å². The van der Waals surface area contributed by atoms with Gasteiger partial charge in [0.05, 0.1) is 23.2 Å². The van der Waals surface area contributed by atoms with Crippen molar-refractivity contribution < 1.29 is 13.9 Å². The number of methoxy groups -OCH3 is 1. The van der Waals surface area contributed by atoms with Crippen LogP contribution in [0, 0.1) is 5.82 Å². The molecule has 106 valence electrons. The molecule has 0 saturated carbocycles. The number of ether oxygens (including phenoxy) is 1. The molecule has 0 spiro atoms. The van der Waals surface area contributed by atoms with E-state index in [4.69, 9.17) is 16.3 Å². The molecule has 0 saturated heterocycles. The Morgan fingerprint density at radius 3 is 2.86 bits per heavy atom. The summed E-state index contributed by atoms with van der Waals surface area (Å²) >= 11 is 5.78. The summed E-state index contributed by atoms with van der Waals surface area (Å²) in [6.45, 7) is 0. The van der Waals surface area contributed by atoms with E-state index in [1.807, 2.05) is 0 Å². The summed E-state index contributed by atoms with van der Waals surface area (Å²) in [5, 5.41) is 0.0150. The molecule has 4 nitrogen and oxygen atoms in total. The first-order valence-electron chi connectivity index (χ1n) is 6.12. The van der Waals surface area contributed by atoms with Crippen LogP contribution in [0.5, 0.6) is 0 Å². The lowest BCUT2D eigenvalue weighted by molar-refractivity contribution is 0.0603. The lowest BCUT2D eigenvalue weighted by Crippen LogP contribution is -2.01. The van der Waals surface area contributed by atoms with Crippen molar-refractivity contribution in [2.24, 2.45) is 0 Å².